The standard InChI is InChI=1S/C18H26N2O2/c1-12(2)22-17-5-3-4-13(8-17)9-18(21)20-16-10-14-6-7-15(11-16)19-14/h3-5,8,12,14-16,19H,6-7,9-11H2,1-2H3,(H,20,21). The molecule has 1 aromatic rings. The van der Waals surface area contributed by atoms with Gasteiger partial charge in [0.25, 0.3) is 0 Å². The Hall–Kier alpha value is -1.55. The average molecular weight is 302 g/mol. The third-order valence-electron chi connectivity index (χ3n) is 4.47. The highest BCUT2D eigenvalue weighted by Gasteiger charge is 2.33. The average Bonchev–Trinajstić information content (AvgIpc) is 2.77. The first-order valence-electron chi connectivity index (χ1n) is 8.39. The first-order valence-corrected chi connectivity index (χ1v) is 8.39. The highest BCUT2D eigenvalue weighted by Crippen LogP contribution is 2.26. The molecule has 2 N–H and O–H groups in total. The number of hydrogen-bond acceptors (Lipinski definition) is 3. The van der Waals surface area contributed by atoms with Crippen molar-refractivity contribution in [3.63, 3.8) is 0 Å². The molecule has 0 spiro atoms. The Balaban J connectivity index is 1.53. The van der Waals surface area contributed by atoms with Gasteiger partial charge in [0.1, 0.15) is 5.75 Å². The zero-order valence-electron chi connectivity index (χ0n) is 13.5. The molecule has 4 nitrogen and oxygen atoms in total. The first kappa shape index (κ1) is 15.3. The summed E-state index contributed by atoms with van der Waals surface area (Å²) in [4.78, 5) is 12.3. The Morgan fingerprint density at radius 1 is 1.32 bits per heavy atom. The van der Waals surface area contributed by atoms with E-state index in [1.807, 2.05) is 38.1 Å². The Kier molecular flexibility index (Phi) is 4.67. The molecule has 120 valence electrons. The molecule has 2 heterocycles. The maximum Gasteiger partial charge on any atom is 0.224 e. The molecular formula is C18H26N2O2. The topological polar surface area (TPSA) is 50.4 Å². The highest BCUT2D eigenvalue weighted by molar-refractivity contribution is 5.79. The summed E-state index contributed by atoms with van der Waals surface area (Å²) >= 11 is 0. The lowest BCUT2D eigenvalue weighted by molar-refractivity contribution is -0.121. The SMILES string of the molecule is CC(C)Oc1cccc(CC(=O)NC2CC3CCC(C2)N3)c1. The zero-order valence-corrected chi connectivity index (χ0v) is 13.5. The quantitative estimate of drug-likeness (QED) is 0.878. The molecule has 0 aliphatic carbocycles. The summed E-state index contributed by atoms with van der Waals surface area (Å²) in [5.74, 6) is 0.952. The maximum absolute atomic E-state index is 12.3. The summed E-state index contributed by atoms with van der Waals surface area (Å²) in [7, 11) is 0. The van der Waals surface area contributed by atoms with Crippen LogP contribution in [-0.4, -0.2) is 30.1 Å². The van der Waals surface area contributed by atoms with Crippen LogP contribution < -0.4 is 15.4 Å². The zero-order chi connectivity index (χ0) is 15.5. The third kappa shape index (κ3) is 4.01. The highest BCUT2D eigenvalue weighted by atomic mass is 16.5. The summed E-state index contributed by atoms with van der Waals surface area (Å²) in [6.07, 6.45) is 5.22. The smallest absolute Gasteiger partial charge is 0.224 e. The second-order valence-electron chi connectivity index (χ2n) is 6.86. The monoisotopic (exact) mass is 302 g/mol. The van der Waals surface area contributed by atoms with Crippen LogP contribution in [0.2, 0.25) is 0 Å². The summed E-state index contributed by atoms with van der Waals surface area (Å²) in [6, 6.07) is 9.38. The van der Waals surface area contributed by atoms with Crippen molar-refractivity contribution in [2.45, 2.75) is 70.2 Å². The van der Waals surface area contributed by atoms with Crippen molar-refractivity contribution in [1.82, 2.24) is 10.6 Å². The number of hydrogen-bond donors (Lipinski definition) is 2. The van der Waals surface area contributed by atoms with Gasteiger partial charge in [-0.1, -0.05) is 12.1 Å². The van der Waals surface area contributed by atoms with Gasteiger partial charge in [-0.25, -0.2) is 0 Å². The van der Waals surface area contributed by atoms with Gasteiger partial charge < -0.3 is 15.4 Å². The Bertz CT molecular complexity index is 518. The van der Waals surface area contributed by atoms with E-state index in [1.165, 1.54) is 12.8 Å². The number of amides is 1. The van der Waals surface area contributed by atoms with E-state index < -0.39 is 0 Å². The molecule has 2 saturated heterocycles. The van der Waals surface area contributed by atoms with Gasteiger partial charge in [-0.2, -0.15) is 0 Å². The molecule has 22 heavy (non-hydrogen) atoms. The maximum atomic E-state index is 12.3. The molecule has 2 aliphatic heterocycles. The third-order valence-corrected chi connectivity index (χ3v) is 4.47. The van der Waals surface area contributed by atoms with Crippen LogP contribution >= 0.6 is 0 Å². The molecule has 2 aliphatic rings. The van der Waals surface area contributed by atoms with E-state index in [9.17, 15) is 4.79 Å². The number of rotatable bonds is 5. The van der Waals surface area contributed by atoms with Crippen LogP contribution in [0, 0.1) is 0 Å². The van der Waals surface area contributed by atoms with E-state index in [0.29, 0.717) is 24.5 Å². The van der Waals surface area contributed by atoms with Crippen molar-refractivity contribution in [2.75, 3.05) is 0 Å². The van der Waals surface area contributed by atoms with Gasteiger partial charge in [0.05, 0.1) is 12.5 Å². The number of carbonyl (C=O) groups excluding carboxylic acids is 1. The van der Waals surface area contributed by atoms with Gasteiger partial charge in [-0.3, -0.25) is 4.79 Å². The van der Waals surface area contributed by atoms with Crippen LogP contribution in [0.25, 0.3) is 0 Å². The van der Waals surface area contributed by atoms with Gasteiger partial charge in [0.2, 0.25) is 5.91 Å². The minimum atomic E-state index is 0.119. The van der Waals surface area contributed by atoms with Gasteiger partial charge in [-0.15, -0.1) is 0 Å². The van der Waals surface area contributed by atoms with Crippen molar-refractivity contribution in [2.24, 2.45) is 0 Å². The summed E-state index contributed by atoms with van der Waals surface area (Å²) in [5.41, 5.74) is 1.01. The lowest BCUT2D eigenvalue weighted by Gasteiger charge is -2.29. The number of carbonyl (C=O) groups is 1. The van der Waals surface area contributed by atoms with Crippen molar-refractivity contribution in [3.8, 4) is 5.75 Å². The fourth-order valence-corrected chi connectivity index (χ4v) is 3.64. The van der Waals surface area contributed by atoms with Crippen LogP contribution in [0.15, 0.2) is 24.3 Å². The molecule has 2 unspecified atom stereocenters. The van der Waals surface area contributed by atoms with Gasteiger partial charge in [-0.05, 0) is 57.2 Å². The van der Waals surface area contributed by atoms with E-state index >= 15 is 0 Å². The molecule has 3 rings (SSSR count). The summed E-state index contributed by atoms with van der Waals surface area (Å²) in [5, 5.41) is 6.81. The van der Waals surface area contributed by atoms with E-state index in [0.717, 1.165) is 24.2 Å². The molecule has 4 heteroatoms. The first-order chi connectivity index (χ1) is 10.6. The lowest BCUT2D eigenvalue weighted by Crippen LogP contribution is -2.48. The fraction of sp³-hybridized carbons (Fsp3) is 0.611. The Morgan fingerprint density at radius 2 is 2.05 bits per heavy atom. The lowest BCUT2D eigenvalue weighted by atomic mass is 9.99. The molecular weight excluding hydrogens is 276 g/mol. The summed E-state index contributed by atoms with van der Waals surface area (Å²) < 4.78 is 5.68. The van der Waals surface area contributed by atoms with E-state index in [2.05, 4.69) is 10.6 Å². The van der Waals surface area contributed by atoms with Crippen LogP contribution in [0.4, 0.5) is 0 Å². The van der Waals surface area contributed by atoms with Crippen LogP contribution in [-0.2, 0) is 11.2 Å². The second kappa shape index (κ2) is 6.69. The van der Waals surface area contributed by atoms with Crippen LogP contribution in [0.1, 0.15) is 45.1 Å². The van der Waals surface area contributed by atoms with Gasteiger partial charge in [0, 0.05) is 18.1 Å². The van der Waals surface area contributed by atoms with Crippen LogP contribution in [0.5, 0.6) is 5.75 Å². The molecule has 0 radical (unpaired) electrons. The number of nitrogens with one attached hydrogen (secondary N) is 2. The molecule has 0 aromatic heterocycles. The van der Waals surface area contributed by atoms with Crippen molar-refractivity contribution < 1.29 is 9.53 Å². The van der Waals surface area contributed by atoms with E-state index in [1.54, 1.807) is 0 Å². The molecule has 2 atom stereocenters. The molecule has 1 aromatic carbocycles. The summed E-state index contributed by atoms with van der Waals surface area (Å²) in [6.45, 7) is 4.01. The van der Waals surface area contributed by atoms with Gasteiger partial charge >= 0.3 is 0 Å². The van der Waals surface area contributed by atoms with Crippen molar-refractivity contribution >= 4 is 5.91 Å². The van der Waals surface area contributed by atoms with Crippen molar-refractivity contribution in [1.29, 1.82) is 0 Å². The molecule has 0 saturated carbocycles. The van der Waals surface area contributed by atoms with E-state index in [4.69, 9.17) is 4.74 Å². The second-order valence-corrected chi connectivity index (χ2v) is 6.86. The number of ether oxygens (including phenoxy) is 1. The Labute approximate surface area is 132 Å². The predicted octanol–water partition coefficient (Wildman–Crippen LogP) is 2.42. The van der Waals surface area contributed by atoms with Crippen LogP contribution in [0.3, 0.4) is 0 Å². The number of piperidine rings is 1. The Morgan fingerprint density at radius 3 is 2.73 bits per heavy atom. The van der Waals surface area contributed by atoms with E-state index in [-0.39, 0.29) is 12.0 Å². The predicted molar refractivity (Wildman–Crippen MR) is 87.0 cm³/mol. The van der Waals surface area contributed by atoms with Crippen molar-refractivity contribution in [3.05, 3.63) is 29.8 Å². The number of fused-ring (bicyclic) bond motifs is 2. The molecule has 2 bridgehead atoms. The minimum absolute atomic E-state index is 0.119. The number of benzene rings is 1. The molecule has 2 fully saturated rings. The minimum Gasteiger partial charge on any atom is -0.491 e. The normalized spacial score (nSPS) is 27.0. The van der Waals surface area contributed by atoms with Gasteiger partial charge in [0.15, 0.2) is 0 Å². The molecule has 1 amide bonds. The fourth-order valence-electron chi connectivity index (χ4n) is 3.64. The largest absolute Gasteiger partial charge is 0.491 e.